The van der Waals surface area contributed by atoms with E-state index in [1.54, 1.807) is 0 Å². The first kappa shape index (κ1) is 14.4. The van der Waals surface area contributed by atoms with Crippen LogP contribution in [0.5, 0.6) is 0 Å². The fraction of sp³-hybridized carbons (Fsp3) is 1.00. The number of hydrogen-bond donors (Lipinski definition) is 1. The number of hydrogen-bond acceptors (Lipinski definition) is 2. The molecule has 0 spiro atoms. The van der Waals surface area contributed by atoms with Crippen LogP contribution in [-0.2, 0) is 10.0 Å². The summed E-state index contributed by atoms with van der Waals surface area (Å²) in [6.07, 6.45) is 1.50. The highest BCUT2D eigenvalue weighted by atomic mass is 79.9. The number of sulfonamides is 1. The van der Waals surface area contributed by atoms with E-state index in [1.807, 2.05) is 20.8 Å². The Balaban J connectivity index is 4.28. The molecule has 0 aromatic rings. The van der Waals surface area contributed by atoms with E-state index in [4.69, 9.17) is 0 Å². The zero-order valence-electron chi connectivity index (χ0n) is 9.09. The van der Waals surface area contributed by atoms with Gasteiger partial charge in [-0.15, -0.1) is 0 Å². The molecule has 0 rings (SSSR count). The molecule has 14 heavy (non-hydrogen) atoms. The van der Waals surface area contributed by atoms with E-state index >= 15 is 0 Å². The van der Waals surface area contributed by atoms with E-state index in [2.05, 4.69) is 20.7 Å². The number of rotatable bonds is 7. The van der Waals surface area contributed by atoms with Crippen LogP contribution in [-0.4, -0.2) is 25.5 Å². The van der Waals surface area contributed by atoms with Crippen molar-refractivity contribution in [1.82, 2.24) is 4.72 Å². The van der Waals surface area contributed by atoms with Crippen molar-refractivity contribution in [3.63, 3.8) is 0 Å². The molecule has 86 valence electrons. The van der Waals surface area contributed by atoms with Gasteiger partial charge in [0.15, 0.2) is 0 Å². The van der Waals surface area contributed by atoms with Crippen molar-refractivity contribution in [2.45, 2.75) is 39.7 Å². The van der Waals surface area contributed by atoms with Crippen molar-refractivity contribution in [2.75, 3.05) is 11.1 Å². The lowest BCUT2D eigenvalue weighted by molar-refractivity contribution is 0.440. The van der Waals surface area contributed by atoms with E-state index in [-0.39, 0.29) is 11.8 Å². The van der Waals surface area contributed by atoms with E-state index in [9.17, 15) is 8.42 Å². The molecule has 0 saturated heterocycles. The highest BCUT2D eigenvalue weighted by molar-refractivity contribution is 9.09. The molecule has 0 saturated carbocycles. The molecule has 0 amide bonds. The fourth-order valence-corrected chi connectivity index (χ4v) is 3.20. The first-order valence-corrected chi connectivity index (χ1v) is 7.76. The molecule has 0 heterocycles. The Bertz CT molecular complexity index is 239. The van der Waals surface area contributed by atoms with E-state index in [0.29, 0.717) is 12.3 Å². The molecule has 5 heteroatoms. The van der Waals surface area contributed by atoms with Crippen molar-refractivity contribution in [3.8, 4) is 0 Å². The maximum absolute atomic E-state index is 11.5. The lowest BCUT2D eigenvalue weighted by Gasteiger charge is -2.21. The third kappa shape index (κ3) is 5.98. The normalized spacial score (nSPS) is 14.6. The summed E-state index contributed by atoms with van der Waals surface area (Å²) in [7, 11) is -3.07. The Morgan fingerprint density at radius 3 is 2.29 bits per heavy atom. The van der Waals surface area contributed by atoms with Gasteiger partial charge in [0, 0.05) is 11.4 Å². The lowest BCUT2D eigenvalue weighted by Crippen LogP contribution is -2.39. The summed E-state index contributed by atoms with van der Waals surface area (Å²) in [5.41, 5.74) is 0. The summed E-state index contributed by atoms with van der Waals surface area (Å²) in [5.74, 6) is 0.553. The summed E-state index contributed by atoms with van der Waals surface area (Å²) >= 11 is 3.33. The van der Waals surface area contributed by atoms with Gasteiger partial charge in [-0.1, -0.05) is 36.7 Å². The molecule has 0 aliphatic heterocycles. The average molecular weight is 286 g/mol. The summed E-state index contributed by atoms with van der Waals surface area (Å²) < 4.78 is 25.7. The molecule has 0 bridgehead atoms. The quantitative estimate of drug-likeness (QED) is 0.729. The summed E-state index contributed by atoms with van der Waals surface area (Å²) in [6.45, 7) is 5.93. The van der Waals surface area contributed by atoms with Crippen molar-refractivity contribution >= 4 is 26.0 Å². The van der Waals surface area contributed by atoms with Gasteiger partial charge in [-0.2, -0.15) is 0 Å². The molecule has 1 N–H and O–H groups in total. The van der Waals surface area contributed by atoms with Crippen LogP contribution in [0.15, 0.2) is 0 Å². The topological polar surface area (TPSA) is 46.2 Å². The number of alkyl halides is 1. The predicted molar refractivity (Wildman–Crippen MR) is 64.3 cm³/mol. The molecule has 1 unspecified atom stereocenters. The van der Waals surface area contributed by atoms with Crippen molar-refractivity contribution in [3.05, 3.63) is 0 Å². The zero-order chi connectivity index (χ0) is 11.2. The standard InChI is InChI=1S/C9H20BrNO2S/c1-4-7-14(12,13)11-9(5-6-10)8(2)3/h8-9,11H,4-7H2,1-3H3. The van der Waals surface area contributed by atoms with Gasteiger partial charge < -0.3 is 0 Å². The van der Waals surface area contributed by atoms with Gasteiger partial charge >= 0.3 is 0 Å². The molecule has 0 aliphatic rings. The van der Waals surface area contributed by atoms with Crippen LogP contribution < -0.4 is 4.72 Å². The molecular formula is C9H20BrNO2S. The van der Waals surface area contributed by atoms with Gasteiger partial charge in [-0.05, 0) is 18.8 Å². The second kappa shape index (κ2) is 6.80. The number of nitrogens with one attached hydrogen (secondary N) is 1. The first-order chi connectivity index (χ1) is 6.43. The van der Waals surface area contributed by atoms with Crippen molar-refractivity contribution in [1.29, 1.82) is 0 Å². The van der Waals surface area contributed by atoms with E-state index in [1.165, 1.54) is 0 Å². The molecule has 0 radical (unpaired) electrons. The van der Waals surface area contributed by atoms with Gasteiger partial charge in [-0.25, -0.2) is 13.1 Å². The predicted octanol–water partition coefficient (Wildman–Crippen LogP) is 2.13. The summed E-state index contributed by atoms with van der Waals surface area (Å²) in [6, 6.07) is 0.0472. The fourth-order valence-electron chi connectivity index (χ4n) is 1.20. The Morgan fingerprint density at radius 1 is 1.36 bits per heavy atom. The van der Waals surface area contributed by atoms with Crippen LogP contribution in [0, 0.1) is 5.92 Å². The molecule has 0 aromatic heterocycles. The van der Waals surface area contributed by atoms with Crippen molar-refractivity contribution < 1.29 is 8.42 Å². The SMILES string of the molecule is CCCS(=O)(=O)NC(CCBr)C(C)C. The van der Waals surface area contributed by atoms with Crippen LogP contribution in [0.25, 0.3) is 0 Å². The smallest absolute Gasteiger partial charge is 0.211 e. The maximum atomic E-state index is 11.5. The minimum absolute atomic E-state index is 0.0472. The molecule has 0 aromatic carbocycles. The van der Waals surface area contributed by atoms with Gasteiger partial charge in [0.05, 0.1) is 5.75 Å². The largest absolute Gasteiger partial charge is 0.212 e. The minimum atomic E-state index is -3.07. The van der Waals surface area contributed by atoms with Gasteiger partial charge in [0.25, 0.3) is 0 Å². The Hall–Kier alpha value is 0.390. The Kier molecular flexibility index (Phi) is 6.99. The summed E-state index contributed by atoms with van der Waals surface area (Å²) in [4.78, 5) is 0. The van der Waals surface area contributed by atoms with Crippen molar-refractivity contribution in [2.24, 2.45) is 5.92 Å². The first-order valence-electron chi connectivity index (χ1n) is 4.99. The second-order valence-electron chi connectivity index (χ2n) is 3.76. The molecule has 0 aliphatic carbocycles. The second-order valence-corrected chi connectivity index (χ2v) is 6.43. The van der Waals surface area contributed by atoms with E-state index < -0.39 is 10.0 Å². The van der Waals surface area contributed by atoms with Crippen LogP contribution in [0.1, 0.15) is 33.6 Å². The zero-order valence-corrected chi connectivity index (χ0v) is 11.5. The Morgan fingerprint density at radius 2 is 1.93 bits per heavy atom. The molecule has 0 fully saturated rings. The highest BCUT2D eigenvalue weighted by Gasteiger charge is 2.19. The van der Waals surface area contributed by atoms with Gasteiger partial charge in [0.1, 0.15) is 0 Å². The average Bonchev–Trinajstić information content (AvgIpc) is 2.02. The molecular weight excluding hydrogens is 266 g/mol. The maximum Gasteiger partial charge on any atom is 0.211 e. The van der Waals surface area contributed by atoms with Crippen LogP contribution >= 0.6 is 15.9 Å². The minimum Gasteiger partial charge on any atom is -0.212 e. The van der Waals surface area contributed by atoms with E-state index in [0.717, 1.165) is 11.8 Å². The van der Waals surface area contributed by atoms with Crippen LogP contribution in [0.2, 0.25) is 0 Å². The summed E-state index contributed by atoms with van der Waals surface area (Å²) in [5, 5.41) is 0.824. The van der Waals surface area contributed by atoms with Crippen LogP contribution in [0.3, 0.4) is 0 Å². The monoisotopic (exact) mass is 285 g/mol. The lowest BCUT2D eigenvalue weighted by atomic mass is 10.0. The third-order valence-corrected chi connectivity index (χ3v) is 4.09. The van der Waals surface area contributed by atoms with Gasteiger partial charge in [-0.3, -0.25) is 0 Å². The number of halogens is 1. The molecule has 3 nitrogen and oxygen atoms in total. The van der Waals surface area contributed by atoms with Gasteiger partial charge in [0.2, 0.25) is 10.0 Å². The third-order valence-electron chi connectivity index (χ3n) is 2.03. The molecule has 1 atom stereocenters. The van der Waals surface area contributed by atoms with Crippen LogP contribution in [0.4, 0.5) is 0 Å². The Labute approximate surface area is 95.8 Å². The highest BCUT2D eigenvalue weighted by Crippen LogP contribution is 2.09.